The van der Waals surface area contributed by atoms with Crippen LogP contribution >= 0.6 is 49.6 Å². The van der Waals surface area contributed by atoms with E-state index in [0.717, 1.165) is 22.8 Å². The average Bonchev–Trinajstić information content (AvgIpc) is 3.06. The number of aliphatic imine (C=N–C) groups is 2. The first-order valence-electron chi connectivity index (χ1n) is 16.9. The van der Waals surface area contributed by atoms with Gasteiger partial charge in [-0.3, -0.25) is 20.0 Å². The van der Waals surface area contributed by atoms with Gasteiger partial charge in [-0.15, -0.1) is 49.6 Å². The van der Waals surface area contributed by atoms with Gasteiger partial charge in [0.2, 0.25) is 0 Å². The molecule has 10 heteroatoms. The molecule has 0 N–H and O–H groups in total. The monoisotopic (exact) mass is 880 g/mol. The molecule has 0 spiro atoms. The van der Waals surface area contributed by atoms with Crippen molar-refractivity contribution < 1.29 is 33.0 Å². The summed E-state index contributed by atoms with van der Waals surface area (Å²) in [6, 6.07) is 28.1. The van der Waals surface area contributed by atoms with Crippen molar-refractivity contribution in [1.29, 1.82) is 0 Å². The van der Waals surface area contributed by atoms with E-state index in [1.807, 2.05) is 61.2 Å². The number of nitrogens with zero attached hydrogens (tertiary/aromatic N) is 4. The molecular formula is C43H52Cl4N4Ni2. The summed E-state index contributed by atoms with van der Waals surface area (Å²) in [7, 11) is 0. The fourth-order valence-corrected chi connectivity index (χ4v) is 6.02. The fourth-order valence-electron chi connectivity index (χ4n) is 6.02. The molecule has 0 amide bonds. The molecule has 3 aromatic carbocycles. The van der Waals surface area contributed by atoms with E-state index in [-0.39, 0.29) is 82.6 Å². The summed E-state index contributed by atoms with van der Waals surface area (Å²) in [5.74, 6) is 1.26. The van der Waals surface area contributed by atoms with E-state index in [0.29, 0.717) is 23.7 Å². The Hall–Kier alpha value is -2.55. The molecule has 0 saturated carbocycles. The van der Waals surface area contributed by atoms with Gasteiger partial charge in [-0.05, 0) is 135 Å². The second kappa shape index (κ2) is 24.1. The molecule has 0 bridgehead atoms. The minimum Gasteiger partial charge on any atom is -0.255 e. The molecule has 0 atom stereocenters. The average molecular weight is 884 g/mol. The van der Waals surface area contributed by atoms with Crippen LogP contribution in [-0.2, 0) is 33.0 Å². The molecule has 2 heterocycles. The number of aromatic nitrogens is 2. The van der Waals surface area contributed by atoms with Crippen LogP contribution in [0.3, 0.4) is 0 Å². The molecule has 0 fully saturated rings. The van der Waals surface area contributed by atoms with Crippen LogP contribution in [0.15, 0.2) is 101 Å². The third kappa shape index (κ3) is 13.0. The molecular weight excluding hydrogens is 832 g/mol. The van der Waals surface area contributed by atoms with Crippen molar-refractivity contribution in [2.24, 2.45) is 9.98 Å². The smallest absolute Gasteiger partial charge is 0.0812 e. The van der Waals surface area contributed by atoms with Gasteiger partial charge in [0.1, 0.15) is 0 Å². The van der Waals surface area contributed by atoms with Crippen LogP contribution in [-0.4, -0.2) is 22.4 Å². The van der Waals surface area contributed by atoms with Crippen molar-refractivity contribution in [2.45, 2.75) is 86.0 Å². The van der Waals surface area contributed by atoms with Crippen LogP contribution in [0, 0.1) is 6.92 Å². The van der Waals surface area contributed by atoms with E-state index in [4.69, 9.17) is 9.98 Å². The second-order valence-corrected chi connectivity index (χ2v) is 13.7. The van der Waals surface area contributed by atoms with Gasteiger partial charge in [-0.1, -0.05) is 79.7 Å². The Labute approximate surface area is 362 Å². The fraction of sp³-hybridized carbons (Fsp3) is 0.302. The third-order valence-corrected chi connectivity index (χ3v) is 8.74. The van der Waals surface area contributed by atoms with Crippen LogP contribution in [0.25, 0.3) is 22.3 Å². The Morgan fingerprint density at radius 1 is 0.472 bits per heavy atom. The van der Waals surface area contributed by atoms with Crippen LogP contribution in [0.2, 0.25) is 0 Å². The molecule has 0 aliphatic heterocycles. The molecule has 292 valence electrons. The first kappa shape index (κ1) is 52.6. The Morgan fingerprint density at radius 2 is 0.849 bits per heavy atom. The number of aryl methyl sites for hydroxylation is 1. The van der Waals surface area contributed by atoms with Crippen molar-refractivity contribution >= 4 is 73.4 Å². The standard InChI is InChI=1S/C43H48N4.4ClH.2Ni/c1-27(2)37-21-33(22-38(28(3)4)42(37)46-25-35-14-10-12-18-44-35)32-17-16-31(9)41(20-32)34-23-39(29(5)6)43(40(24-34)30(7)8)47-26-36-15-11-13-19-45-36;;;;;;/h10-30H,1-9H3;4*1H;;. The predicted octanol–water partition coefficient (Wildman–Crippen LogP) is 13.8. The second-order valence-electron chi connectivity index (χ2n) is 13.7. The molecule has 5 rings (SSSR count). The number of hydrogen-bond donors (Lipinski definition) is 0. The maximum Gasteiger partial charge on any atom is 0.0812 e. The summed E-state index contributed by atoms with van der Waals surface area (Å²) in [6.45, 7) is 20.2. The topological polar surface area (TPSA) is 50.5 Å². The van der Waals surface area contributed by atoms with Crippen molar-refractivity contribution in [3.8, 4) is 22.3 Å². The number of pyridine rings is 2. The van der Waals surface area contributed by atoms with Gasteiger partial charge in [0.05, 0.1) is 35.2 Å². The van der Waals surface area contributed by atoms with E-state index in [1.54, 1.807) is 0 Å². The number of halogens is 4. The zero-order chi connectivity index (χ0) is 33.7. The van der Waals surface area contributed by atoms with Crippen LogP contribution < -0.4 is 0 Å². The molecule has 5 aromatic rings. The van der Waals surface area contributed by atoms with Crippen LogP contribution in [0.4, 0.5) is 11.4 Å². The zero-order valence-electron chi connectivity index (χ0n) is 31.7. The van der Waals surface area contributed by atoms with Crippen molar-refractivity contribution in [1.82, 2.24) is 9.97 Å². The zero-order valence-corrected chi connectivity index (χ0v) is 36.9. The minimum absolute atomic E-state index is 0. The Kier molecular flexibility index (Phi) is 23.9. The van der Waals surface area contributed by atoms with E-state index >= 15 is 0 Å². The SMILES string of the molecule is Cc1ccc(-c2cc(C(C)C)c(N=Cc3ccccn3)c(C(C)C)c2)cc1-c1cc(C(C)C)c(N=Cc2ccccn2)c(C(C)C)c1.Cl.Cl.Cl.Cl.[Ni].[Ni]. The summed E-state index contributed by atoms with van der Waals surface area (Å²) < 4.78 is 0. The van der Waals surface area contributed by atoms with Crippen molar-refractivity contribution in [2.75, 3.05) is 0 Å². The molecule has 0 unspecified atom stereocenters. The molecule has 4 nitrogen and oxygen atoms in total. The van der Waals surface area contributed by atoms with Gasteiger partial charge < -0.3 is 0 Å². The van der Waals surface area contributed by atoms with E-state index < -0.39 is 0 Å². The van der Waals surface area contributed by atoms with Gasteiger partial charge in [-0.25, -0.2) is 0 Å². The molecule has 2 aromatic heterocycles. The van der Waals surface area contributed by atoms with Crippen molar-refractivity contribution in [3.05, 3.63) is 130 Å². The molecule has 0 aliphatic rings. The Balaban J connectivity index is 0. The quantitative estimate of drug-likeness (QED) is 0.104. The number of hydrogen-bond acceptors (Lipinski definition) is 4. The maximum atomic E-state index is 5.03. The molecule has 0 radical (unpaired) electrons. The van der Waals surface area contributed by atoms with E-state index in [1.165, 1.54) is 50.1 Å². The predicted molar refractivity (Wildman–Crippen MR) is 230 cm³/mol. The summed E-state index contributed by atoms with van der Waals surface area (Å²) in [5, 5.41) is 0. The summed E-state index contributed by atoms with van der Waals surface area (Å²) >= 11 is 0. The molecule has 0 saturated heterocycles. The van der Waals surface area contributed by atoms with Crippen LogP contribution in [0.1, 0.15) is 118 Å². The largest absolute Gasteiger partial charge is 0.255 e. The first-order chi connectivity index (χ1) is 22.5. The van der Waals surface area contributed by atoms with Gasteiger partial charge in [0.25, 0.3) is 0 Å². The summed E-state index contributed by atoms with van der Waals surface area (Å²) in [5.41, 5.74) is 15.0. The summed E-state index contributed by atoms with van der Waals surface area (Å²) in [6.07, 6.45) is 7.40. The minimum atomic E-state index is 0. The molecule has 0 aliphatic carbocycles. The van der Waals surface area contributed by atoms with Gasteiger partial charge in [0.15, 0.2) is 0 Å². The number of rotatable bonds is 10. The first-order valence-corrected chi connectivity index (χ1v) is 16.9. The van der Waals surface area contributed by atoms with Crippen molar-refractivity contribution in [3.63, 3.8) is 0 Å². The third-order valence-electron chi connectivity index (χ3n) is 8.74. The van der Waals surface area contributed by atoms with Gasteiger partial charge in [-0.2, -0.15) is 0 Å². The van der Waals surface area contributed by atoms with Crippen LogP contribution in [0.5, 0.6) is 0 Å². The Morgan fingerprint density at radius 3 is 1.19 bits per heavy atom. The Bertz CT molecular complexity index is 1860. The number of benzene rings is 3. The van der Waals surface area contributed by atoms with E-state index in [9.17, 15) is 0 Å². The van der Waals surface area contributed by atoms with Gasteiger partial charge in [0, 0.05) is 45.4 Å². The normalized spacial score (nSPS) is 10.7. The molecule has 53 heavy (non-hydrogen) atoms. The van der Waals surface area contributed by atoms with E-state index in [2.05, 4.69) is 115 Å². The summed E-state index contributed by atoms with van der Waals surface area (Å²) in [4.78, 5) is 19.0. The maximum absolute atomic E-state index is 5.03. The van der Waals surface area contributed by atoms with Gasteiger partial charge >= 0.3 is 0 Å².